The number of anilines is 2. The third-order valence-electron chi connectivity index (χ3n) is 4.74. The summed E-state index contributed by atoms with van der Waals surface area (Å²) in [7, 11) is 3.17. The van der Waals surface area contributed by atoms with Gasteiger partial charge in [-0.1, -0.05) is 12.1 Å². The Hall–Kier alpha value is -4.07. The molecule has 0 aliphatic heterocycles. The van der Waals surface area contributed by atoms with Crippen LogP contribution < -0.4 is 9.80 Å². The number of hydrogen-bond acceptors (Lipinski definition) is 4. The smallest absolute Gasteiger partial charge is 0.302 e. The number of carbonyl (C=O) groups excluding carboxylic acids is 3. The fourth-order valence-corrected chi connectivity index (χ4v) is 3.03. The van der Waals surface area contributed by atoms with E-state index in [4.69, 9.17) is 0 Å². The number of halogens is 2. The molecule has 178 valence electrons. The van der Waals surface area contributed by atoms with E-state index >= 15 is 0 Å². The van der Waals surface area contributed by atoms with Gasteiger partial charge in [-0.3, -0.25) is 14.4 Å². The summed E-state index contributed by atoms with van der Waals surface area (Å²) in [6, 6.07) is 17.4. The number of para-hydroxylation sites is 2. The zero-order chi connectivity index (χ0) is 25.3. The molecule has 6 nitrogen and oxygen atoms in total. The fourth-order valence-electron chi connectivity index (χ4n) is 3.03. The van der Waals surface area contributed by atoms with Crippen molar-refractivity contribution in [3.05, 3.63) is 95.6 Å². The summed E-state index contributed by atoms with van der Waals surface area (Å²) >= 11 is 0. The van der Waals surface area contributed by atoms with E-state index in [2.05, 4.69) is 4.74 Å². The average Bonchev–Trinajstić information content (AvgIpc) is 2.83. The summed E-state index contributed by atoms with van der Waals surface area (Å²) in [5.41, 5.74) is 1.67. The Balaban J connectivity index is 0.000000604. The fraction of sp³-hybridized carbons (Fsp3) is 0.192. The van der Waals surface area contributed by atoms with Gasteiger partial charge in [0.1, 0.15) is 11.6 Å². The van der Waals surface area contributed by atoms with E-state index < -0.39 is 11.6 Å². The van der Waals surface area contributed by atoms with Crippen LogP contribution in [-0.2, 0) is 9.53 Å². The molecule has 0 N–H and O–H groups in total. The van der Waals surface area contributed by atoms with Crippen LogP contribution in [0.1, 0.15) is 34.6 Å². The highest BCUT2D eigenvalue weighted by Gasteiger charge is 2.21. The van der Waals surface area contributed by atoms with Crippen molar-refractivity contribution in [2.45, 2.75) is 13.8 Å². The predicted octanol–water partition coefficient (Wildman–Crippen LogP) is 5.09. The molecule has 0 fully saturated rings. The van der Waals surface area contributed by atoms with Crippen molar-refractivity contribution >= 4 is 29.2 Å². The molecule has 3 aromatic carbocycles. The summed E-state index contributed by atoms with van der Waals surface area (Å²) < 4.78 is 30.7. The summed E-state index contributed by atoms with van der Waals surface area (Å²) in [6.07, 6.45) is 0. The molecule has 0 radical (unpaired) electrons. The largest absolute Gasteiger partial charge is 0.466 e. The van der Waals surface area contributed by atoms with E-state index in [9.17, 15) is 23.2 Å². The Morgan fingerprint density at radius 1 is 0.706 bits per heavy atom. The Morgan fingerprint density at radius 2 is 1.06 bits per heavy atom. The SMILES string of the molecule is CCOC(C)=O.CN(C(=O)c1ccc(F)cc1)c1ccccc1N(C)C(=O)c1ccc(F)cc1. The normalized spacial score (nSPS) is 9.94. The van der Waals surface area contributed by atoms with Crippen LogP contribution in [0.4, 0.5) is 20.2 Å². The van der Waals surface area contributed by atoms with Crippen LogP contribution in [0.3, 0.4) is 0 Å². The summed E-state index contributed by atoms with van der Waals surface area (Å²) in [5, 5.41) is 0. The van der Waals surface area contributed by atoms with Crippen LogP contribution in [0.5, 0.6) is 0 Å². The van der Waals surface area contributed by atoms with Crippen LogP contribution in [0.15, 0.2) is 72.8 Å². The number of carbonyl (C=O) groups is 3. The topological polar surface area (TPSA) is 66.9 Å². The second-order valence-electron chi connectivity index (χ2n) is 7.16. The second kappa shape index (κ2) is 12.2. The van der Waals surface area contributed by atoms with Gasteiger partial charge in [-0.25, -0.2) is 8.78 Å². The van der Waals surface area contributed by atoms with Gasteiger partial charge in [-0.2, -0.15) is 0 Å². The van der Waals surface area contributed by atoms with E-state index in [0.29, 0.717) is 29.1 Å². The van der Waals surface area contributed by atoms with Gasteiger partial charge in [0.05, 0.1) is 18.0 Å². The molecule has 3 rings (SSSR count). The van der Waals surface area contributed by atoms with Gasteiger partial charge in [-0.05, 0) is 67.6 Å². The molecule has 34 heavy (non-hydrogen) atoms. The number of hydrogen-bond donors (Lipinski definition) is 0. The standard InChI is InChI=1S/C22H18F2N2O2.C4H8O2/c1-25(21(27)15-7-11-17(23)12-8-15)19-5-3-4-6-20(19)26(2)22(28)16-9-13-18(24)14-10-16;1-3-6-4(2)5/h3-14H,1-2H3;3H2,1-2H3. The number of rotatable bonds is 5. The third kappa shape index (κ3) is 6.96. The first-order valence-corrected chi connectivity index (χ1v) is 10.4. The van der Waals surface area contributed by atoms with Crippen molar-refractivity contribution in [3.63, 3.8) is 0 Å². The van der Waals surface area contributed by atoms with Gasteiger partial charge in [0.25, 0.3) is 11.8 Å². The van der Waals surface area contributed by atoms with Gasteiger partial charge in [-0.15, -0.1) is 0 Å². The molecule has 0 bridgehead atoms. The van der Waals surface area contributed by atoms with Crippen molar-refractivity contribution in [1.82, 2.24) is 0 Å². The van der Waals surface area contributed by atoms with Crippen molar-refractivity contribution in [1.29, 1.82) is 0 Å². The zero-order valence-corrected chi connectivity index (χ0v) is 19.4. The van der Waals surface area contributed by atoms with E-state index in [1.54, 1.807) is 45.3 Å². The Bertz CT molecular complexity index is 1050. The minimum absolute atomic E-state index is 0.211. The lowest BCUT2D eigenvalue weighted by Gasteiger charge is -2.26. The van der Waals surface area contributed by atoms with E-state index in [-0.39, 0.29) is 17.8 Å². The minimum atomic E-state index is -0.427. The number of ether oxygens (including phenoxy) is 1. The van der Waals surface area contributed by atoms with Gasteiger partial charge in [0.2, 0.25) is 0 Å². The molecule has 0 spiro atoms. The summed E-state index contributed by atoms with van der Waals surface area (Å²) in [5.74, 6) is -1.74. The first-order chi connectivity index (χ1) is 16.1. The van der Waals surface area contributed by atoms with Crippen LogP contribution in [0.2, 0.25) is 0 Å². The van der Waals surface area contributed by atoms with Gasteiger partial charge in [0, 0.05) is 32.1 Å². The zero-order valence-electron chi connectivity index (χ0n) is 19.4. The molecule has 0 saturated heterocycles. The van der Waals surface area contributed by atoms with E-state index in [1.807, 2.05) is 0 Å². The molecular weight excluding hydrogens is 442 g/mol. The predicted molar refractivity (Wildman–Crippen MR) is 127 cm³/mol. The second-order valence-corrected chi connectivity index (χ2v) is 7.16. The summed E-state index contributed by atoms with van der Waals surface area (Å²) in [6.45, 7) is 3.65. The van der Waals surface area contributed by atoms with Gasteiger partial charge < -0.3 is 14.5 Å². The van der Waals surface area contributed by atoms with E-state index in [0.717, 1.165) is 0 Å². The van der Waals surface area contributed by atoms with Crippen LogP contribution in [-0.4, -0.2) is 38.5 Å². The molecule has 0 saturated carbocycles. The lowest BCUT2D eigenvalue weighted by Crippen LogP contribution is -2.31. The van der Waals surface area contributed by atoms with E-state index in [1.165, 1.54) is 65.3 Å². The van der Waals surface area contributed by atoms with Crippen molar-refractivity contribution in [2.75, 3.05) is 30.5 Å². The lowest BCUT2D eigenvalue weighted by atomic mass is 10.1. The Kier molecular flexibility index (Phi) is 9.43. The molecule has 0 aliphatic rings. The maximum Gasteiger partial charge on any atom is 0.302 e. The number of esters is 1. The molecule has 2 amide bonds. The Morgan fingerprint density at radius 3 is 1.32 bits per heavy atom. The van der Waals surface area contributed by atoms with Crippen molar-refractivity contribution in [3.8, 4) is 0 Å². The lowest BCUT2D eigenvalue weighted by molar-refractivity contribution is -0.140. The van der Waals surface area contributed by atoms with Gasteiger partial charge >= 0.3 is 5.97 Å². The summed E-state index contributed by atoms with van der Waals surface area (Å²) in [4.78, 5) is 38.2. The van der Waals surface area contributed by atoms with Crippen LogP contribution in [0.25, 0.3) is 0 Å². The molecule has 0 unspecified atom stereocenters. The maximum atomic E-state index is 13.1. The highest BCUT2D eigenvalue weighted by molar-refractivity contribution is 6.11. The monoisotopic (exact) mass is 468 g/mol. The molecule has 0 aliphatic carbocycles. The Labute approximate surface area is 197 Å². The van der Waals surface area contributed by atoms with Crippen molar-refractivity contribution < 1.29 is 27.9 Å². The molecular formula is C26H26F2N2O4. The molecule has 0 aromatic heterocycles. The quantitative estimate of drug-likeness (QED) is 0.490. The van der Waals surface area contributed by atoms with Gasteiger partial charge in [0.15, 0.2) is 0 Å². The molecule has 8 heteroatoms. The first kappa shape index (κ1) is 26.2. The molecule has 3 aromatic rings. The molecule has 0 heterocycles. The maximum absolute atomic E-state index is 13.1. The third-order valence-corrected chi connectivity index (χ3v) is 4.74. The highest BCUT2D eigenvalue weighted by atomic mass is 19.1. The van der Waals surface area contributed by atoms with Crippen LogP contribution >= 0.6 is 0 Å². The average molecular weight is 469 g/mol. The highest BCUT2D eigenvalue weighted by Crippen LogP contribution is 2.30. The first-order valence-electron chi connectivity index (χ1n) is 10.4. The minimum Gasteiger partial charge on any atom is -0.466 e. The number of amides is 2. The van der Waals surface area contributed by atoms with Crippen LogP contribution in [0, 0.1) is 11.6 Å². The number of benzene rings is 3. The van der Waals surface area contributed by atoms with Crippen molar-refractivity contribution in [2.24, 2.45) is 0 Å². The molecule has 0 atom stereocenters. The number of nitrogens with zero attached hydrogens (tertiary/aromatic N) is 2.